The van der Waals surface area contributed by atoms with Crippen LogP contribution in [0.15, 0.2) is 115 Å². The fourth-order valence-corrected chi connectivity index (χ4v) is 13.7. The predicted octanol–water partition coefficient (Wildman–Crippen LogP) is 6.37. The van der Waals surface area contributed by atoms with Crippen LogP contribution in [0.5, 0.6) is 5.75 Å². The van der Waals surface area contributed by atoms with Crippen molar-refractivity contribution in [2.45, 2.75) is 0 Å². The van der Waals surface area contributed by atoms with Gasteiger partial charge in [-0.25, -0.2) is 0 Å². The molecule has 162 valence electrons. The first-order chi connectivity index (χ1) is 15.6. The van der Waals surface area contributed by atoms with Crippen molar-refractivity contribution in [2.24, 2.45) is 0 Å². The van der Waals surface area contributed by atoms with Gasteiger partial charge in [0.15, 0.2) is 0 Å². The van der Waals surface area contributed by atoms with Gasteiger partial charge in [-0.2, -0.15) is 0 Å². The number of carbonyl (C=O) groups excluding carboxylic acids is 1. The van der Waals surface area contributed by atoms with Crippen molar-refractivity contribution in [3.8, 4) is 5.75 Å². The molecular weight excluding hydrogens is 499 g/mol. The van der Waals surface area contributed by atoms with E-state index in [0.29, 0.717) is 11.1 Å². The van der Waals surface area contributed by atoms with E-state index in [-0.39, 0.29) is 5.12 Å². The van der Waals surface area contributed by atoms with Gasteiger partial charge in [0.1, 0.15) is 0 Å². The second kappa shape index (κ2) is 9.62. The van der Waals surface area contributed by atoms with E-state index in [2.05, 4.69) is 88.3 Å². The Hall–Kier alpha value is -2.39. The molecule has 4 aromatic rings. The van der Waals surface area contributed by atoms with Crippen LogP contribution in [0.1, 0.15) is 10.4 Å². The molecule has 0 aromatic heterocycles. The Morgan fingerprint density at radius 1 is 0.719 bits per heavy atom. The molecule has 4 aromatic carbocycles. The minimum atomic E-state index is -3.12. The van der Waals surface area contributed by atoms with Crippen molar-refractivity contribution < 1.29 is 9.53 Å². The molecule has 4 rings (SSSR count). The molecule has 5 heteroatoms. The van der Waals surface area contributed by atoms with Gasteiger partial charge in [0.25, 0.3) is 0 Å². The van der Waals surface area contributed by atoms with Gasteiger partial charge in [-0.3, -0.25) is 0 Å². The normalized spacial score (nSPS) is 12.5. The summed E-state index contributed by atoms with van der Waals surface area (Å²) in [5, 5.41) is 0.521. The number of halogens is 1. The third-order valence-corrected chi connectivity index (χ3v) is 18.3. The van der Waals surface area contributed by atoms with E-state index in [0.717, 1.165) is 5.75 Å². The molecule has 0 spiro atoms. The number of thioether (sulfide) groups is 1. The van der Waals surface area contributed by atoms with Gasteiger partial charge < -0.3 is 0 Å². The first kappa shape index (κ1) is 22.8. The molecule has 0 heterocycles. The number of hydrogen-bond acceptors (Lipinski definition) is 3. The van der Waals surface area contributed by atoms with Crippen LogP contribution in [0.25, 0.3) is 0 Å². The summed E-state index contributed by atoms with van der Waals surface area (Å²) in [5.41, 5.74) is 1.27. The monoisotopic (exact) mass is 522 g/mol. The van der Waals surface area contributed by atoms with Gasteiger partial charge >= 0.3 is 202 Å². The summed E-state index contributed by atoms with van der Waals surface area (Å²) < 4.78 is 5.23. The van der Waals surface area contributed by atoms with Crippen LogP contribution >= 0.6 is 32.6 Å². The number of hydrogen-bond donors (Lipinski definition) is 0. The first-order valence-corrected chi connectivity index (χ1v) is 15.7. The molecular formula is C27H24BrO2PS. The SMILES string of the molecule is COc1ccc(C(=O)SCP(Br)(c2ccccc2)(c2ccccc2)c2ccccc2)cc1. The Bertz CT molecular complexity index is 1080. The van der Waals surface area contributed by atoms with Gasteiger partial charge in [-0.15, -0.1) is 0 Å². The molecule has 0 atom stereocenters. The number of benzene rings is 4. The van der Waals surface area contributed by atoms with Crippen LogP contribution < -0.4 is 20.7 Å². The summed E-state index contributed by atoms with van der Waals surface area (Å²) in [6.45, 7) is 0. The topological polar surface area (TPSA) is 26.3 Å². The van der Waals surface area contributed by atoms with E-state index in [1.165, 1.54) is 27.7 Å². The van der Waals surface area contributed by atoms with E-state index in [1.807, 2.05) is 42.5 Å². The van der Waals surface area contributed by atoms with Crippen molar-refractivity contribution in [2.75, 3.05) is 12.6 Å². The van der Waals surface area contributed by atoms with Crippen molar-refractivity contribution in [1.82, 2.24) is 0 Å². The van der Waals surface area contributed by atoms with Gasteiger partial charge in [-0.1, -0.05) is 0 Å². The van der Waals surface area contributed by atoms with Crippen LogP contribution in [0.3, 0.4) is 0 Å². The minimum absolute atomic E-state index is 0.0453. The van der Waals surface area contributed by atoms with Crippen LogP contribution in [-0.4, -0.2) is 17.7 Å². The molecule has 0 N–H and O–H groups in total. The summed E-state index contributed by atoms with van der Waals surface area (Å²) in [5.74, 6) is 0.740. The number of ether oxygens (including phenoxy) is 1. The van der Waals surface area contributed by atoms with Gasteiger partial charge in [0.2, 0.25) is 0 Å². The Kier molecular flexibility index (Phi) is 6.85. The number of rotatable bonds is 7. The fraction of sp³-hybridized carbons (Fsp3) is 0.0741. The quantitative estimate of drug-likeness (QED) is 0.264. The average molecular weight is 523 g/mol. The zero-order valence-electron chi connectivity index (χ0n) is 17.7. The van der Waals surface area contributed by atoms with Crippen molar-refractivity contribution >= 4 is 53.6 Å². The maximum absolute atomic E-state index is 13.2. The Labute approximate surface area is 201 Å². The Morgan fingerprint density at radius 2 is 1.12 bits per heavy atom. The zero-order chi connectivity index (χ0) is 22.5. The molecule has 32 heavy (non-hydrogen) atoms. The first-order valence-electron chi connectivity index (χ1n) is 10.3. The molecule has 0 amide bonds. The number of methoxy groups -OCH3 is 1. The Balaban J connectivity index is 1.84. The molecule has 2 nitrogen and oxygen atoms in total. The van der Waals surface area contributed by atoms with Crippen LogP contribution in [0, 0.1) is 0 Å². The summed E-state index contributed by atoms with van der Waals surface area (Å²) in [7, 11) is 1.62. The molecule has 0 aliphatic heterocycles. The predicted molar refractivity (Wildman–Crippen MR) is 144 cm³/mol. The standard InChI is InChI=1S/C27H24BrO2PS/c1-30-23-19-17-22(18-20-23)27(29)32-21-31(28,24-11-5-2-6-12-24,25-13-7-3-8-14-25)26-15-9-4-10-16-26/h2-20H,21H2,1H3. The van der Waals surface area contributed by atoms with E-state index in [1.54, 1.807) is 7.11 Å². The summed E-state index contributed by atoms with van der Waals surface area (Å²) in [6.07, 6.45) is 0. The molecule has 0 aliphatic carbocycles. The summed E-state index contributed by atoms with van der Waals surface area (Å²) in [6, 6.07) is 38.8. The Morgan fingerprint density at radius 3 is 1.50 bits per heavy atom. The maximum atomic E-state index is 13.2. The van der Waals surface area contributed by atoms with Crippen LogP contribution in [0.2, 0.25) is 0 Å². The summed E-state index contributed by atoms with van der Waals surface area (Å²) in [4.78, 5) is 13.2. The van der Waals surface area contributed by atoms with Crippen molar-refractivity contribution in [3.63, 3.8) is 0 Å². The van der Waals surface area contributed by atoms with E-state index >= 15 is 0 Å². The van der Waals surface area contributed by atoms with Gasteiger partial charge in [-0.05, 0) is 0 Å². The second-order valence-corrected chi connectivity index (χ2v) is 17.8. The van der Waals surface area contributed by atoms with Crippen molar-refractivity contribution in [3.05, 3.63) is 121 Å². The molecule has 0 bridgehead atoms. The fourth-order valence-electron chi connectivity index (χ4n) is 3.88. The van der Waals surface area contributed by atoms with Gasteiger partial charge in [0.05, 0.1) is 0 Å². The third kappa shape index (κ3) is 4.15. The molecule has 0 radical (unpaired) electrons. The van der Waals surface area contributed by atoms with Crippen LogP contribution in [-0.2, 0) is 0 Å². The third-order valence-electron chi connectivity index (χ3n) is 5.65. The molecule has 0 unspecified atom stereocenters. The van der Waals surface area contributed by atoms with Crippen LogP contribution in [0.4, 0.5) is 0 Å². The molecule has 0 fully saturated rings. The van der Waals surface area contributed by atoms with E-state index in [4.69, 9.17) is 4.74 Å². The number of carbonyl (C=O) groups is 1. The van der Waals surface area contributed by atoms with E-state index < -0.39 is 5.31 Å². The molecule has 0 aliphatic rings. The average Bonchev–Trinajstić information content (AvgIpc) is 2.89. The molecule has 0 saturated carbocycles. The van der Waals surface area contributed by atoms with Crippen molar-refractivity contribution in [1.29, 1.82) is 0 Å². The zero-order valence-corrected chi connectivity index (χ0v) is 21.0. The van der Waals surface area contributed by atoms with E-state index in [9.17, 15) is 4.79 Å². The van der Waals surface area contributed by atoms with Gasteiger partial charge in [0, 0.05) is 0 Å². The second-order valence-electron chi connectivity index (χ2n) is 7.48. The molecule has 0 saturated heterocycles. The summed E-state index contributed by atoms with van der Waals surface area (Å²) >= 11 is 5.74.